The zero-order valence-corrected chi connectivity index (χ0v) is 18.5. The van der Waals surface area contributed by atoms with Gasteiger partial charge in [0.1, 0.15) is 18.1 Å². The largest absolute Gasteiger partial charge is 0.495 e. The number of rotatable bonds is 9. The molecule has 9 heteroatoms. The number of anilines is 2. The molecule has 32 heavy (non-hydrogen) atoms. The van der Waals surface area contributed by atoms with Crippen LogP contribution in [-0.2, 0) is 21.4 Å². The zero-order chi connectivity index (χ0) is 23.0. The van der Waals surface area contributed by atoms with Gasteiger partial charge in [-0.05, 0) is 55.0 Å². The van der Waals surface area contributed by atoms with Crippen molar-refractivity contribution in [1.29, 1.82) is 0 Å². The molecular weight excluding hydrogens is 432 g/mol. The lowest BCUT2D eigenvalue weighted by Gasteiger charge is -2.13. The number of carbonyl (C=O) groups is 1. The minimum absolute atomic E-state index is 0.0468. The molecule has 3 aromatic carbocycles. The Labute approximate surface area is 187 Å². The number of hydrogen-bond donors (Lipinski definition) is 2. The van der Waals surface area contributed by atoms with Gasteiger partial charge in [-0.25, -0.2) is 13.2 Å². The van der Waals surface area contributed by atoms with Gasteiger partial charge in [-0.15, -0.1) is 0 Å². The Morgan fingerprint density at radius 3 is 2.34 bits per heavy atom. The lowest BCUT2D eigenvalue weighted by molar-refractivity contribution is 0.168. The topological polar surface area (TPSA) is 103 Å². The average molecular weight is 457 g/mol. The van der Waals surface area contributed by atoms with Crippen LogP contribution in [0.2, 0.25) is 0 Å². The third kappa shape index (κ3) is 6.14. The number of ether oxygens (including phenoxy) is 3. The van der Waals surface area contributed by atoms with Crippen molar-refractivity contribution in [3.8, 4) is 11.5 Å². The number of sulfonamides is 1. The van der Waals surface area contributed by atoms with Crippen molar-refractivity contribution >= 4 is 27.5 Å². The Morgan fingerprint density at radius 2 is 1.69 bits per heavy atom. The Morgan fingerprint density at radius 1 is 0.969 bits per heavy atom. The predicted octanol–water partition coefficient (Wildman–Crippen LogP) is 4.64. The summed E-state index contributed by atoms with van der Waals surface area (Å²) in [6, 6.07) is 20.4. The van der Waals surface area contributed by atoms with Gasteiger partial charge in [-0.1, -0.05) is 30.3 Å². The maximum Gasteiger partial charge on any atom is 0.411 e. The monoisotopic (exact) mass is 456 g/mol. The molecule has 0 heterocycles. The third-order valence-electron chi connectivity index (χ3n) is 4.35. The van der Waals surface area contributed by atoms with Gasteiger partial charge < -0.3 is 14.2 Å². The fourth-order valence-corrected chi connectivity index (χ4v) is 3.89. The van der Waals surface area contributed by atoms with Crippen molar-refractivity contribution in [2.24, 2.45) is 0 Å². The second-order valence-electron chi connectivity index (χ2n) is 6.61. The zero-order valence-electron chi connectivity index (χ0n) is 17.7. The summed E-state index contributed by atoms with van der Waals surface area (Å²) in [4.78, 5) is 11.7. The van der Waals surface area contributed by atoms with E-state index < -0.39 is 16.1 Å². The van der Waals surface area contributed by atoms with E-state index in [0.29, 0.717) is 23.8 Å². The minimum atomic E-state index is -3.92. The number of carbonyl (C=O) groups excluding carboxylic acids is 1. The standard InChI is InChI=1S/C23H24N2O6S/c1-3-30-23(26)24-21-15-20(13-14-22(21)29-2)32(27,28)25-18-9-11-19(12-10-18)31-16-17-7-5-4-6-8-17/h4-15,25H,3,16H2,1-2H3,(H,24,26). The number of hydrogen-bond acceptors (Lipinski definition) is 6. The SMILES string of the molecule is CCOC(=O)Nc1cc(S(=O)(=O)Nc2ccc(OCc3ccccc3)cc2)ccc1OC. The molecule has 2 N–H and O–H groups in total. The van der Waals surface area contributed by atoms with E-state index in [9.17, 15) is 13.2 Å². The lowest BCUT2D eigenvalue weighted by atomic mass is 10.2. The Hall–Kier alpha value is -3.72. The third-order valence-corrected chi connectivity index (χ3v) is 5.73. The van der Waals surface area contributed by atoms with Crippen LogP contribution in [-0.4, -0.2) is 28.2 Å². The van der Waals surface area contributed by atoms with Gasteiger partial charge in [0.05, 0.1) is 24.3 Å². The highest BCUT2D eigenvalue weighted by Crippen LogP contribution is 2.29. The molecule has 0 aliphatic rings. The highest BCUT2D eigenvalue weighted by Gasteiger charge is 2.18. The van der Waals surface area contributed by atoms with E-state index in [2.05, 4.69) is 10.0 Å². The molecule has 1 amide bonds. The van der Waals surface area contributed by atoms with Crippen LogP contribution >= 0.6 is 0 Å². The lowest BCUT2D eigenvalue weighted by Crippen LogP contribution is -2.16. The normalized spacial score (nSPS) is 10.8. The fourth-order valence-electron chi connectivity index (χ4n) is 2.80. The first kappa shape index (κ1) is 23.0. The molecule has 0 fully saturated rings. The molecule has 0 atom stereocenters. The molecule has 3 rings (SSSR count). The van der Waals surface area contributed by atoms with E-state index in [1.807, 2.05) is 30.3 Å². The molecule has 168 valence electrons. The molecular formula is C23H24N2O6S. The van der Waals surface area contributed by atoms with E-state index in [0.717, 1.165) is 5.56 Å². The Bertz CT molecular complexity index is 1150. The Balaban J connectivity index is 1.70. The van der Waals surface area contributed by atoms with Crippen molar-refractivity contribution in [3.63, 3.8) is 0 Å². The first-order valence-electron chi connectivity index (χ1n) is 9.82. The van der Waals surface area contributed by atoms with Crippen LogP contribution in [0, 0.1) is 0 Å². The van der Waals surface area contributed by atoms with Crippen molar-refractivity contribution in [2.75, 3.05) is 23.8 Å². The first-order valence-corrected chi connectivity index (χ1v) is 11.3. The molecule has 0 aromatic heterocycles. The molecule has 0 radical (unpaired) electrons. The summed E-state index contributed by atoms with van der Waals surface area (Å²) in [6.45, 7) is 2.26. The molecule has 3 aromatic rings. The molecule has 0 spiro atoms. The summed E-state index contributed by atoms with van der Waals surface area (Å²) in [5, 5.41) is 2.48. The van der Waals surface area contributed by atoms with Crippen LogP contribution in [0.5, 0.6) is 11.5 Å². The van der Waals surface area contributed by atoms with Crippen LogP contribution in [0.15, 0.2) is 77.7 Å². The first-order chi connectivity index (χ1) is 15.4. The average Bonchev–Trinajstić information content (AvgIpc) is 2.79. The number of benzene rings is 3. The van der Waals surface area contributed by atoms with Crippen LogP contribution in [0.4, 0.5) is 16.2 Å². The summed E-state index contributed by atoms with van der Waals surface area (Å²) in [7, 11) is -2.50. The highest BCUT2D eigenvalue weighted by atomic mass is 32.2. The van der Waals surface area contributed by atoms with Gasteiger partial charge in [0.15, 0.2) is 0 Å². The second-order valence-corrected chi connectivity index (χ2v) is 8.29. The van der Waals surface area contributed by atoms with Crippen LogP contribution in [0.3, 0.4) is 0 Å². The number of nitrogens with one attached hydrogen (secondary N) is 2. The van der Waals surface area contributed by atoms with Gasteiger partial charge in [0.25, 0.3) is 10.0 Å². The summed E-state index contributed by atoms with van der Waals surface area (Å²) in [5.41, 5.74) is 1.58. The van der Waals surface area contributed by atoms with Crippen molar-refractivity contribution < 1.29 is 27.4 Å². The maximum absolute atomic E-state index is 12.8. The van der Waals surface area contributed by atoms with Crippen LogP contribution < -0.4 is 19.5 Å². The quantitative estimate of drug-likeness (QED) is 0.486. The molecule has 0 aliphatic heterocycles. The van der Waals surface area contributed by atoms with Gasteiger partial charge >= 0.3 is 6.09 Å². The molecule has 0 bridgehead atoms. The van der Waals surface area contributed by atoms with Gasteiger partial charge in [-0.2, -0.15) is 0 Å². The van der Waals surface area contributed by atoms with Crippen LogP contribution in [0.25, 0.3) is 0 Å². The van der Waals surface area contributed by atoms with E-state index in [1.54, 1.807) is 31.2 Å². The number of methoxy groups -OCH3 is 1. The summed E-state index contributed by atoms with van der Waals surface area (Å²) in [6.07, 6.45) is -0.709. The van der Waals surface area contributed by atoms with E-state index >= 15 is 0 Å². The van der Waals surface area contributed by atoms with Crippen molar-refractivity contribution in [1.82, 2.24) is 0 Å². The molecule has 0 saturated carbocycles. The van der Waals surface area contributed by atoms with Gasteiger partial charge in [0.2, 0.25) is 0 Å². The fraction of sp³-hybridized carbons (Fsp3) is 0.174. The smallest absolute Gasteiger partial charge is 0.411 e. The predicted molar refractivity (Wildman–Crippen MR) is 122 cm³/mol. The Kier molecular flexibility index (Phi) is 7.56. The summed E-state index contributed by atoms with van der Waals surface area (Å²) in [5.74, 6) is 0.916. The number of amides is 1. The molecule has 0 unspecified atom stereocenters. The molecule has 0 saturated heterocycles. The molecule has 8 nitrogen and oxygen atoms in total. The van der Waals surface area contributed by atoms with Gasteiger partial charge in [0, 0.05) is 5.69 Å². The van der Waals surface area contributed by atoms with E-state index in [-0.39, 0.29) is 17.2 Å². The van der Waals surface area contributed by atoms with Crippen LogP contribution in [0.1, 0.15) is 12.5 Å². The molecule has 0 aliphatic carbocycles. The summed E-state index contributed by atoms with van der Waals surface area (Å²) >= 11 is 0. The van der Waals surface area contributed by atoms with Gasteiger partial charge in [-0.3, -0.25) is 10.0 Å². The minimum Gasteiger partial charge on any atom is -0.495 e. The second kappa shape index (κ2) is 10.5. The van der Waals surface area contributed by atoms with Crippen molar-refractivity contribution in [2.45, 2.75) is 18.4 Å². The highest BCUT2D eigenvalue weighted by molar-refractivity contribution is 7.92. The summed E-state index contributed by atoms with van der Waals surface area (Å²) < 4.78 is 43.9. The van der Waals surface area contributed by atoms with E-state index in [1.165, 1.54) is 25.3 Å². The van der Waals surface area contributed by atoms with E-state index in [4.69, 9.17) is 14.2 Å². The van der Waals surface area contributed by atoms with Crippen molar-refractivity contribution in [3.05, 3.63) is 78.4 Å². The maximum atomic E-state index is 12.8.